The molecule has 0 aliphatic rings. The van der Waals surface area contributed by atoms with Crippen LogP contribution in [0.1, 0.15) is 44.0 Å². The van der Waals surface area contributed by atoms with E-state index in [1.54, 1.807) is 103 Å². The van der Waals surface area contributed by atoms with Crippen molar-refractivity contribution in [2.24, 2.45) is 0 Å². The number of amides is 3. The molecule has 0 fully saturated rings. The number of Topliss-reactive ketones (excluding diaryl/α,β-unsaturated/α-hetero) is 1. The molecule has 0 aliphatic carbocycles. The standard InChI is InChI=1S/C38H30ClN3O4S/c1-25(43)27-18-20-31(21-19-27)40-38(46)35(28-11-4-2-5-12-28)47-33-17-9-16-32(24-33)41-37(45)34(23-26-10-8-15-30(39)22-26)42-36(44)29-13-6-3-7-14-29/h2-24,35H,1H3,(H,40,46)(H,41,45)(H,42,44)/b34-23-. The molecule has 0 aromatic heterocycles. The third kappa shape index (κ3) is 9.29. The predicted molar refractivity (Wildman–Crippen MR) is 189 cm³/mol. The highest BCUT2D eigenvalue weighted by atomic mass is 35.5. The SMILES string of the molecule is CC(=O)c1ccc(NC(=O)C(Sc2cccc(NC(=O)/C(=C/c3cccc(Cl)c3)NC(=O)c3ccccc3)c2)c2ccccc2)cc1. The first-order chi connectivity index (χ1) is 22.7. The molecule has 5 aromatic rings. The molecular formula is C38H30ClN3O4S. The zero-order chi connectivity index (χ0) is 33.2. The van der Waals surface area contributed by atoms with E-state index < -0.39 is 17.1 Å². The summed E-state index contributed by atoms with van der Waals surface area (Å²) in [6, 6.07) is 38.8. The van der Waals surface area contributed by atoms with Gasteiger partial charge in [0.15, 0.2) is 5.78 Å². The number of halogens is 1. The van der Waals surface area contributed by atoms with Crippen molar-refractivity contribution in [1.29, 1.82) is 0 Å². The second-order valence-electron chi connectivity index (χ2n) is 10.4. The molecule has 3 N–H and O–H groups in total. The molecule has 7 nitrogen and oxygen atoms in total. The topological polar surface area (TPSA) is 104 Å². The van der Waals surface area contributed by atoms with Gasteiger partial charge in [0, 0.05) is 32.4 Å². The smallest absolute Gasteiger partial charge is 0.272 e. The molecule has 9 heteroatoms. The van der Waals surface area contributed by atoms with Crippen LogP contribution in [0.15, 0.2) is 144 Å². The van der Waals surface area contributed by atoms with Crippen molar-refractivity contribution in [3.05, 3.63) is 166 Å². The van der Waals surface area contributed by atoms with Crippen LogP contribution in [-0.2, 0) is 9.59 Å². The molecule has 0 spiro atoms. The minimum absolute atomic E-state index is 0.0245. The maximum absolute atomic E-state index is 13.6. The van der Waals surface area contributed by atoms with E-state index in [0.717, 1.165) is 10.5 Å². The number of rotatable bonds is 11. The van der Waals surface area contributed by atoms with E-state index in [1.165, 1.54) is 18.7 Å². The molecule has 0 aliphatic heterocycles. The summed E-state index contributed by atoms with van der Waals surface area (Å²) in [4.78, 5) is 52.6. The van der Waals surface area contributed by atoms with E-state index >= 15 is 0 Å². The third-order valence-electron chi connectivity index (χ3n) is 6.93. The average molecular weight is 660 g/mol. The zero-order valence-corrected chi connectivity index (χ0v) is 26.8. The summed E-state index contributed by atoms with van der Waals surface area (Å²) in [6.45, 7) is 1.49. The lowest BCUT2D eigenvalue weighted by atomic mass is 10.1. The highest BCUT2D eigenvalue weighted by molar-refractivity contribution is 8.00. The summed E-state index contributed by atoms with van der Waals surface area (Å²) in [6.07, 6.45) is 1.55. The fraction of sp³-hybridized carbons (Fsp3) is 0.0526. The van der Waals surface area contributed by atoms with Crippen LogP contribution in [0.5, 0.6) is 0 Å². The van der Waals surface area contributed by atoms with Crippen LogP contribution in [0, 0.1) is 0 Å². The van der Waals surface area contributed by atoms with E-state index in [2.05, 4.69) is 16.0 Å². The van der Waals surface area contributed by atoms with Gasteiger partial charge in [0.25, 0.3) is 11.8 Å². The van der Waals surface area contributed by atoms with Gasteiger partial charge in [-0.25, -0.2) is 0 Å². The molecule has 1 atom stereocenters. The Balaban J connectivity index is 1.36. The van der Waals surface area contributed by atoms with Gasteiger partial charge in [-0.2, -0.15) is 0 Å². The van der Waals surface area contributed by atoms with Gasteiger partial charge in [0.05, 0.1) is 0 Å². The number of anilines is 2. The number of ketones is 1. The molecule has 47 heavy (non-hydrogen) atoms. The fourth-order valence-corrected chi connectivity index (χ4v) is 5.87. The van der Waals surface area contributed by atoms with Gasteiger partial charge >= 0.3 is 0 Å². The molecule has 0 saturated heterocycles. The number of thioether (sulfide) groups is 1. The minimum atomic E-state index is -0.627. The highest BCUT2D eigenvalue weighted by Crippen LogP contribution is 2.37. The van der Waals surface area contributed by atoms with Gasteiger partial charge in [-0.3, -0.25) is 19.2 Å². The monoisotopic (exact) mass is 659 g/mol. The predicted octanol–water partition coefficient (Wildman–Crippen LogP) is 8.42. The number of carbonyl (C=O) groups is 4. The Bertz CT molecular complexity index is 1930. The quantitative estimate of drug-likeness (QED) is 0.0750. The van der Waals surface area contributed by atoms with Crippen molar-refractivity contribution in [2.45, 2.75) is 17.1 Å². The molecule has 0 radical (unpaired) electrons. The normalized spacial score (nSPS) is 11.7. The largest absolute Gasteiger partial charge is 0.325 e. The first kappa shape index (κ1) is 32.9. The summed E-state index contributed by atoms with van der Waals surface area (Å²) in [5.74, 6) is -1.28. The van der Waals surface area contributed by atoms with E-state index in [4.69, 9.17) is 11.6 Å². The van der Waals surface area contributed by atoms with Crippen molar-refractivity contribution in [1.82, 2.24) is 5.32 Å². The Kier molecular flexibility index (Phi) is 11.0. The number of benzene rings is 5. The van der Waals surface area contributed by atoms with Crippen LogP contribution in [0.2, 0.25) is 5.02 Å². The number of hydrogen-bond donors (Lipinski definition) is 3. The van der Waals surface area contributed by atoms with E-state index in [-0.39, 0.29) is 17.4 Å². The summed E-state index contributed by atoms with van der Waals surface area (Å²) in [7, 11) is 0. The van der Waals surface area contributed by atoms with E-state index in [0.29, 0.717) is 33.1 Å². The maximum Gasteiger partial charge on any atom is 0.272 e. The fourth-order valence-electron chi connectivity index (χ4n) is 4.58. The van der Waals surface area contributed by atoms with Crippen LogP contribution < -0.4 is 16.0 Å². The Morgan fingerprint density at radius 1 is 0.681 bits per heavy atom. The van der Waals surface area contributed by atoms with Gasteiger partial charge in [-0.15, -0.1) is 11.8 Å². The van der Waals surface area contributed by atoms with Crippen LogP contribution in [0.3, 0.4) is 0 Å². The lowest BCUT2D eigenvalue weighted by molar-refractivity contribution is -0.116. The van der Waals surface area contributed by atoms with Crippen molar-refractivity contribution in [3.63, 3.8) is 0 Å². The maximum atomic E-state index is 13.6. The average Bonchev–Trinajstić information content (AvgIpc) is 3.08. The summed E-state index contributed by atoms with van der Waals surface area (Å²) < 4.78 is 0. The molecule has 3 amide bonds. The summed E-state index contributed by atoms with van der Waals surface area (Å²) in [5.41, 5.74) is 3.44. The summed E-state index contributed by atoms with van der Waals surface area (Å²) in [5, 5.41) is 8.41. The number of hydrogen-bond acceptors (Lipinski definition) is 5. The molecule has 5 rings (SSSR count). The molecule has 0 bridgehead atoms. The Labute approximate surface area is 282 Å². The van der Waals surface area contributed by atoms with Gasteiger partial charge in [0.2, 0.25) is 5.91 Å². The first-order valence-electron chi connectivity index (χ1n) is 14.6. The van der Waals surface area contributed by atoms with Crippen LogP contribution >= 0.6 is 23.4 Å². The molecule has 5 aromatic carbocycles. The lowest BCUT2D eigenvalue weighted by Gasteiger charge is -2.18. The number of nitrogens with one attached hydrogen (secondary N) is 3. The van der Waals surface area contributed by atoms with E-state index in [1.807, 2.05) is 36.4 Å². The molecule has 1 unspecified atom stereocenters. The molecule has 234 valence electrons. The van der Waals surface area contributed by atoms with Crippen molar-refractivity contribution >= 4 is 64.3 Å². The van der Waals surface area contributed by atoms with Gasteiger partial charge in [-0.1, -0.05) is 78.3 Å². The molecule has 0 saturated carbocycles. The lowest BCUT2D eigenvalue weighted by Crippen LogP contribution is -2.30. The van der Waals surface area contributed by atoms with Crippen molar-refractivity contribution < 1.29 is 19.2 Å². The second-order valence-corrected chi connectivity index (χ2v) is 12.1. The van der Waals surface area contributed by atoms with Gasteiger partial charge in [-0.05, 0) is 90.9 Å². The first-order valence-corrected chi connectivity index (χ1v) is 15.9. The zero-order valence-electron chi connectivity index (χ0n) is 25.3. The molecular weight excluding hydrogens is 630 g/mol. The van der Waals surface area contributed by atoms with Crippen LogP contribution in [0.4, 0.5) is 11.4 Å². The van der Waals surface area contributed by atoms with Gasteiger partial charge < -0.3 is 16.0 Å². The Morgan fingerprint density at radius 3 is 2.04 bits per heavy atom. The van der Waals surface area contributed by atoms with E-state index in [9.17, 15) is 19.2 Å². The highest BCUT2D eigenvalue weighted by Gasteiger charge is 2.23. The number of carbonyl (C=O) groups excluding carboxylic acids is 4. The summed E-state index contributed by atoms with van der Waals surface area (Å²) >= 11 is 7.49. The second kappa shape index (κ2) is 15.7. The minimum Gasteiger partial charge on any atom is -0.325 e. The third-order valence-corrected chi connectivity index (χ3v) is 8.42. The van der Waals surface area contributed by atoms with Crippen LogP contribution in [0.25, 0.3) is 6.08 Å². The van der Waals surface area contributed by atoms with Gasteiger partial charge in [0.1, 0.15) is 10.9 Å². The Morgan fingerprint density at radius 2 is 1.36 bits per heavy atom. The Hall–Kier alpha value is -5.44. The van der Waals surface area contributed by atoms with Crippen molar-refractivity contribution in [2.75, 3.05) is 10.6 Å². The van der Waals surface area contributed by atoms with Crippen LogP contribution in [-0.4, -0.2) is 23.5 Å². The molecule has 0 heterocycles. The van der Waals surface area contributed by atoms with Crippen molar-refractivity contribution in [3.8, 4) is 0 Å².